The number of rotatable bonds is 1. The second-order valence-corrected chi connectivity index (χ2v) is 3.42. The molecule has 2 aromatic rings. The molecule has 0 bridgehead atoms. The van der Waals surface area contributed by atoms with Crippen LogP contribution < -0.4 is 0 Å². The number of alkyl halides is 3. The van der Waals surface area contributed by atoms with Crippen molar-refractivity contribution in [3.8, 4) is 11.3 Å². The highest BCUT2D eigenvalue weighted by molar-refractivity contribution is 5.65. The largest absolute Gasteiger partial charge is 0.453 e. The first kappa shape index (κ1) is 10.8. The highest BCUT2D eigenvalue weighted by atomic mass is 19.4. The minimum absolute atomic E-state index is 0.0498. The van der Waals surface area contributed by atoms with Gasteiger partial charge in [0.05, 0.1) is 5.56 Å². The van der Waals surface area contributed by atoms with E-state index >= 15 is 0 Å². The summed E-state index contributed by atoms with van der Waals surface area (Å²) in [7, 11) is 0. The molecule has 0 saturated heterocycles. The van der Waals surface area contributed by atoms with Gasteiger partial charge < -0.3 is 4.42 Å². The highest BCUT2D eigenvalue weighted by Crippen LogP contribution is 2.37. The average Bonchev–Trinajstić information content (AvgIpc) is 2.63. The molecule has 0 fully saturated rings. The predicted octanol–water partition coefficient (Wildman–Crippen LogP) is 4.07. The summed E-state index contributed by atoms with van der Waals surface area (Å²) in [6.45, 7) is 1.68. The summed E-state index contributed by atoms with van der Waals surface area (Å²) in [6, 6.07) is 6.85. The van der Waals surface area contributed by atoms with Crippen LogP contribution in [0.25, 0.3) is 11.3 Å². The van der Waals surface area contributed by atoms with Gasteiger partial charge in [0, 0.05) is 5.56 Å². The van der Waals surface area contributed by atoms with E-state index in [0.29, 0.717) is 5.56 Å². The predicted molar refractivity (Wildman–Crippen MR) is 52.7 cm³/mol. The lowest BCUT2D eigenvalue weighted by atomic mass is 10.0. The molecule has 4 heteroatoms. The highest BCUT2D eigenvalue weighted by Gasteiger charge is 2.34. The van der Waals surface area contributed by atoms with Crippen molar-refractivity contribution in [1.29, 1.82) is 0 Å². The number of hydrogen-bond donors (Lipinski definition) is 0. The van der Waals surface area contributed by atoms with E-state index in [0.717, 1.165) is 6.07 Å². The lowest BCUT2D eigenvalue weighted by Gasteiger charge is -2.11. The number of aryl methyl sites for hydroxylation is 1. The fraction of sp³-hybridized carbons (Fsp3) is 0.167. The molecule has 0 aliphatic rings. The van der Waals surface area contributed by atoms with Gasteiger partial charge in [-0.2, -0.15) is 13.2 Å². The minimum Gasteiger partial charge on any atom is -0.453 e. The Balaban J connectivity index is 2.62. The molecule has 0 aliphatic heterocycles. The van der Waals surface area contributed by atoms with Gasteiger partial charge in [-0.25, -0.2) is 0 Å². The van der Waals surface area contributed by atoms with Crippen molar-refractivity contribution in [2.45, 2.75) is 13.1 Å². The van der Waals surface area contributed by atoms with Gasteiger partial charge in [0.2, 0.25) is 0 Å². The Kier molecular flexibility index (Phi) is 2.50. The molecule has 1 aromatic heterocycles. The summed E-state index contributed by atoms with van der Waals surface area (Å²) in [5, 5.41) is 0. The lowest BCUT2D eigenvalue weighted by Crippen LogP contribution is -2.06. The van der Waals surface area contributed by atoms with Crippen molar-refractivity contribution < 1.29 is 17.6 Å². The molecule has 2 rings (SSSR count). The Bertz CT molecular complexity index is 497. The fourth-order valence-electron chi connectivity index (χ4n) is 1.52. The summed E-state index contributed by atoms with van der Waals surface area (Å²) >= 11 is 0. The van der Waals surface area contributed by atoms with Crippen LogP contribution in [-0.4, -0.2) is 0 Å². The SMILES string of the molecule is Cc1c[c]oc1-c1ccccc1C(F)(F)F. The number of furan rings is 1. The zero-order chi connectivity index (χ0) is 11.8. The van der Waals surface area contributed by atoms with Crippen molar-refractivity contribution >= 4 is 0 Å². The molecule has 1 heterocycles. The standard InChI is InChI=1S/C12H8F3O/c1-8-6-7-16-11(8)9-4-2-3-5-10(9)12(13,14)15/h2-6H,1H3. The van der Waals surface area contributed by atoms with E-state index in [9.17, 15) is 13.2 Å². The second-order valence-electron chi connectivity index (χ2n) is 3.42. The van der Waals surface area contributed by atoms with Crippen LogP contribution in [0.15, 0.2) is 34.7 Å². The Morgan fingerprint density at radius 3 is 2.44 bits per heavy atom. The van der Waals surface area contributed by atoms with Crippen LogP contribution in [0.5, 0.6) is 0 Å². The van der Waals surface area contributed by atoms with Gasteiger partial charge in [-0.05, 0) is 24.6 Å². The third-order valence-corrected chi connectivity index (χ3v) is 2.27. The second kappa shape index (κ2) is 3.70. The Labute approximate surface area is 90.5 Å². The first-order chi connectivity index (χ1) is 7.50. The maximum atomic E-state index is 12.7. The van der Waals surface area contributed by atoms with Crippen molar-refractivity contribution in [3.05, 3.63) is 47.7 Å². The van der Waals surface area contributed by atoms with Crippen LogP contribution in [0.3, 0.4) is 0 Å². The summed E-state index contributed by atoms with van der Waals surface area (Å²) in [4.78, 5) is 0. The zero-order valence-corrected chi connectivity index (χ0v) is 8.43. The van der Waals surface area contributed by atoms with Crippen molar-refractivity contribution in [2.75, 3.05) is 0 Å². The molecule has 16 heavy (non-hydrogen) atoms. The Morgan fingerprint density at radius 2 is 1.88 bits per heavy atom. The molecule has 0 atom stereocenters. The number of hydrogen-bond acceptors (Lipinski definition) is 1. The monoisotopic (exact) mass is 225 g/mol. The van der Waals surface area contributed by atoms with Crippen LogP contribution in [0.1, 0.15) is 11.1 Å². The van der Waals surface area contributed by atoms with E-state index in [2.05, 4.69) is 6.26 Å². The van der Waals surface area contributed by atoms with Gasteiger partial charge >= 0.3 is 6.18 Å². The molecule has 0 aliphatic carbocycles. The molecule has 0 saturated carbocycles. The summed E-state index contributed by atoms with van der Waals surface area (Å²) in [5.41, 5.74) is -0.00750. The van der Waals surface area contributed by atoms with Gasteiger partial charge in [-0.3, -0.25) is 0 Å². The molecule has 83 valence electrons. The van der Waals surface area contributed by atoms with Crippen LogP contribution >= 0.6 is 0 Å². The van der Waals surface area contributed by atoms with Crippen molar-refractivity contribution in [1.82, 2.24) is 0 Å². The lowest BCUT2D eigenvalue weighted by molar-refractivity contribution is -0.137. The summed E-state index contributed by atoms with van der Waals surface area (Å²) in [6.07, 6.45) is -1.95. The molecule has 1 aromatic carbocycles. The maximum Gasteiger partial charge on any atom is 0.417 e. The smallest absolute Gasteiger partial charge is 0.417 e. The van der Waals surface area contributed by atoms with E-state index < -0.39 is 11.7 Å². The third kappa shape index (κ3) is 1.83. The van der Waals surface area contributed by atoms with Crippen LogP contribution in [0.4, 0.5) is 13.2 Å². The van der Waals surface area contributed by atoms with Gasteiger partial charge in [0.25, 0.3) is 0 Å². The van der Waals surface area contributed by atoms with Gasteiger partial charge in [-0.15, -0.1) is 0 Å². The van der Waals surface area contributed by atoms with Crippen LogP contribution in [-0.2, 0) is 6.18 Å². The summed E-state index contributed by atoms with van der Waals surface area (Å²) < 4.78 is 43.1. The van der Waals surface area contributed by atoms with E-state index in [1.54, 1.807) is 13.0 Å². The van der Waals surface area contributed by atoms with E-state index in [1.165, 1.54) is 18.2 Å². The first-order valence-corrected chi connectivity index (χ1v) is 4.63. The average molecular weight is 225 g/mol. The molecular weight excluding hydrogens is 217 g/mol. The van der Waals surface area contributed by atoms with Gasteiger partial charge in [0.15, 0.2) is 6.26 Å². The molecule has 0 amide bonds. The number of halogens is 3. The van der Waals surface area contributed by atoms with Gasteiger partial charge in [-0.1, -0.05) is 18.2 Å². The molecule has 0 spiro atoms. The fourth-order valence-corrected chi connectivity index (χ4v) is 1.52. The van der Waals surface area contributed by atoms with E-state index in [1.807, 2.05) is 0 Å². The van der Waals surface area contributed by atoms with Gasteiger partial charge in [0.1, 0.15) is 5.76 Å². The molecule has 1 nitrogen and oxygen atoms in total. The van der Waals surface area contributed by atoms with Crippen LogP contribution in [0, 0.1) is 13.2 Å². The molecule has 1 radical (unpaired) electrons. The molecule has 0 unspecified atom stereocenters. The third-order valence-electron chi connectivity index (χ3n) is 2.27. The van der Waals surface area contributed by atoms with E-state index in [-0.39, 0.29) is 11.3 Å². The first-order valence-electron chi connectivity index (χ1n) is 4.63. The zero-order valence-electron chi connectivity index (χ0n) is 8.43. The Hall–Kier alpha value is -1.71. The molecule has 0 N–H and O–H groups in total. The quantitative estimate of drug-likeness (QED) is 0.712. The maximum absolute atomic E-state index is 12.7. The van der Waals surface area contributed by atoms with Crippen LogP contribution in [0.2, 0.25) is 0 Å². The molecular formula is C12H8F3O. The van der Waals surface area contributed by atoms with E-state index in [4.69, 9.17) is 4.42 Å². The minimum atomic E-state index is -4.38. The topological polar surface area (TPSA) is 13.1 Å². The summed E-state index contributed by atoms with van der Waals surface area (Å²) in [5.74, 6) is 0.216. The number of benzene rings is 1. The Morgan fingerprint density at radius 1 is 1.19 bits per heavy atom. The van der Waals surface area contributed by atoms with Crippen molar-refractivity contribution in [3.63, 3.8) is 0 Å². The normalized spacial score (nSPS) is 11.8. The van der Waals surface area contributed by atoms with Crippen molar-refractivity contribution in [2.24, 2.45) is 0 Å².